The Kier molecular flexibility index (Phi) is 5.59. The van der Waals surface area contributed by atoms with Crippen molar-refractivity contribution in [1.82, 2.24) is 0 Å². The van der Waals surface area contributed by atoms with Crippen molar-refractivity contribution < 1.29 is 9.18 Å². The summed E-state index contributed by atoms with van der Waals surface area (Å²) in [5.74, 6) is -0.215. The van der Waals surface area contributed by atoms with Gasteiger partial charge in [0.25, 0.3) is 0 Å². The normalized spacial score (nSPS) is 12.5. The van der Waals surface area contributed by atoms with Crippen LogP contribution in [0.1, 0.15) is 25.3 Å². The number of hydrogen-bond acceptors (Lipinski definition) is 2. The lowest BCUT2D eigenvalue weighted by molar-refractivity contribution is -0.119. The summed E-state index contributed by atoms with van der Waals surface area (Å²) in [5.41, 5.74) is 5.93. The average molecular weight is 258 g/mol. The Labute approximate surface area is 106 Å². The Morgan fingerprint density at radius 3 is 2.76 bits per heavy atom. The van der Waals surface area contributed by atoms with Crippen molar-refractivity contribution in [1.29, 1.82) is 0 Å². The SMILES string of the molecule is CCC(CN)CC(=O)Cc1ccc(Cl)cc1F. The summed E-state index contributed by atoms with van der Waals surface area (Å²) in [6.45, 7) is 2.49. The van der Waals surface area contributed by atoms with E-state index in [1.54, 1.807) is 12.1 Å². The molecule has 0 amide bonds. The first kappa shape index (κ1) is 14.1. The standard InChI is InChI=1S/C13H17ClFNO/c1-2-9(8-16)5-12(17)6-10-3-4-11(14)7-13(10)15/h3-4,7,9H,2,5-6,8,16H2,1H3. The Hall–Kier alpha value is -0.930. The molecule has 0 aliphatic heterocycles. The smallest absolute Gasteiger partial charge is 0.137 e. The molecule has 0 heterocycles. The predicted octanol–water partition coefficient (Wildman–Crippen LogP) is 2.97. The van der Waals surface area contributed by atoms with E-state index in [0.29, 0.717) is 23.6 Å². The zero-order chi connectivity index (χ0) is 12.8. The number of Topliss-reactive ketones (excluding diaryl/α,β-unsaturated/α-hetero) is 1. The Bertz CT molecular complexity index is 391. The van der Waals surface area contributed by atoms with Crippen LogP contribution in [0.4, 0.5) is 4.39 Å². The Balaban J connectivity index is 2.62. The first-order chi connectivity index (χ1) is 8.06. The van der Waals surface area contributed by atoms with Crippen molar-refractivity contribution in [3.63, 3.8) is 0 Å². The van der Waals surface area contributed by atoms with Gasteiger partial charge in [0.2, 0.25) is 0 Å². The van der Waals surface area contributed by atoms with E-state index in [2.05, 4.69) is 0 Å². The zero-order valence-corrected chi connectivity index (χ0v) is 10.6. The molecule has 0 aromatic heterocycles. The van der Waals surface area contributed by atoms with Gasteiger partial charge in [-0.3, -0.25) is 4.79 Å². The fourth-order valence-electron chi connectivity index (χ4n) is 1.67. The summed E-state index contributed by atoms with van der Waals surface area (Å²) in [6.07, 6.45) is 1.39. The lowest BCUT2D eigenvalue weighted by atomic mass is 9.96. The summed E-state index contributed by atoms with van der Waals surface area (Å²) in [6, 6.07) is 4.37. The molecular weight excluding hydrogens is 241 g/mol. The number of ketones is 1. The molecule has 2 nitrogen and oxygen atoms in total. The number of benzene rings is 1. The number of rotatable bonds is 6. The molecule has 1 atom stereocenters. The molecule has 1 unspecified atom stereocenters. The zero-order valence-electron chi connectivity index (χ0n) is 9.88. The van der Waals surface area contributed by atoms with Gasteiger partial charge < -0.3 is 5.73 Å². The lowest BCUT2D eigenvalue weighted by Gasteiger charge is -2.11. The van der Waals surface area contributed by atoms with Crippen LogP contribution in [0.15, 0.2) is 18.2 Å². The van der Waals surface area contributed by atoms with Gasteiger partial charge in [-0.1, -0.05) is 31.0 Å². The molecule has 1 rings (SSSR count). The van der Waals surface area contributed by atoms with Gasteiger partial charge in [0, 0.05) is 17.9 Å². The van der Waals surface area contributed by atoms with E-state index < -0.39 is 5.82 Å². The number of nitrogens with two attached hydrogens (primary N) is 1. The van der Waals surface area contributed by atoms with Gasteiger partial charge in [-0.2, -0.15) is 0 Å². The highest BCUT2D eigenvalue weighted by Crippen LogP contribution is 2.17. The van der Waals surface area contributed by atoms with E-state index in [4.69, 9.17) is 17.3 Å². The number of halogens is 2. The van der Waals surface area contributed by atoms with E-state index >= 15 is 0 Å². The van der Waals surface area contributed by atoms with Crippen LogP contribution >= 0.6 is 11.6 Å². The molecule has 1 aromatic carbocycles. The summed E-state index contributed by atoms with van der Waals surface area (Å²) in [5, 5.41) is 0.340. The van der Waals surface area contributed by atoms with E-state index in [-0.39, 0.29) is 18.1 Å². The van der Waals surface area contributed by atoms with Gasteiger partial charge in [-0.05, 0) is 30.2 Å². The minimum atomic E-state index is -0.424. The molecule has 0 aliphatic rings. The highest BCUT2D eigenvalue weighted by Gasteiger charge is 2.13. The Morgan fingerprint density at radius 2 is 2.24 bits per heavy atom. The fourth-order valence-corrected chi connectivity index (χ4v) is 1.82. The van der Waals surface area contributed by atoms with Crippen molar-refractivity contribution >= 4 is 17.4 Å². The molecule has 17 heavy (non-hydrogen) atoms. The van der Waals surface area contributed by atoms with Crippen LogP contribution in [0.25, 0.3) is 0 Å². The van der Waals surface area contributed by atoms with Crippen LogP contribution in [0.3, 0.4) is 0 Å². The van der Waals surface area contributed by atoms with E-state index in [1.165, 1.54) is 6.07 Å². The first-order valence-electron chi connectivity index (χ1n) is 5.72. The van der Waals surface area contributed by atoms with E-state index in [1.807, 2.05) is 6.92 Å². The highest BCUT2D eigenvalue weighted by molar-refractivity contribution is 6.30. The Morgan fingerprint density at radius 1 is 1.53 bits per heavy atom. The molecule has 94 valence electrons. The largest absolute Gasteiger partial charge is 0.330 e. The maximum atomic E-state index is 13.5. The highest BCUT2D eigenvalue weighted by atomic mass is 35.5. The van der Waals surface area contributed by atoms with Crippen LogP contribution in [0, 0.1) is 11.7 Å². The molecule has 0 bridgehead atoms. The molecular formula is C13H17ClFNO. The van der Waals surface area contributed by atoms with Crippen LogP contribution in [-0.4, -0.2) is 12.3 Å². The van der Waals surface area contributed by atoms with Gasteiger partial charge in [-0.15, -0.1) is 0 Å². The molecule has 0 saturated carbocycles. The van der Waals surface area contributed by atoms with Gasteiger partial charge in [-0.25, -0.2) is 4.39 Å². The lowest BCUT2D eigenvalue weighted by Crippen LogP contribution is -2.18. The molecule has 0 aliphatic carbocycles. The second kappa shape index (κ2) is 6.72. The summed E-state index contributed by atoms with van der Waals surface area (Å²) < 4.78 is 13.5. The van der Waals surface area contributed by atoms with Crippen molar-refractivity contribution in [2.45, 2.75) is 26.2 Å². The van der Waals surface area contributed by atoms with Gasteiger partial charge >= 0.3 is 0 Å². The maximum absolute atomic E-state index is 13.5. The molecule has 0 spiro atoms. The first-order valence-corrected chi connectivity index (χ1v) is 6.10. The third-order valence-corrected chi connectivity index (χ3v) is 3.06. The topological polar surface area (TPSA) is 43.1 Å². The average Bonchev–Trinajstić information content (AvgIpc) is 2.29. The molecule has 0 fully saturated rings. The molecule has 1 aromatic rings. The van der Waals surface area contributed by atoms with E-state index in [9.17, 15) is 9.18 Å². The van der Waals surface area contributed by atoms with E-state index in [0.717, 1.165) is 6.42 Å². The number of hydrogen-bond donors (Lipinski definition) is 1. The van der Waals surface area contributed by atoms with Crippen molar-refractivity contribution in [2.75, 3.05) is 6.54 Å². The van der Waals surface area contributed by atoms with Gasteiger partial charge in [0.05, 0.1) is 0 Å². The maximum Gasteiger partial charge on any atom is 0.137 e. The molecule has 4 heteroatoms. The van der Waals surface area contributed by atoms with Crippen molar-refractivity contribution in [3.05, 3.63) is 34.6 Å². The monoisotopic (exact) mass is 257 g/mol. The van der Waals surface area contributed by atoms with Gasteiger partial charge in [0.1, 0.15) is 11.6 Å². The third-order valence-electron chi connectivity index (χ3n) is 2.83. The molecule has 0 saturated heterocycles. The third kappa shape index (κ3) is 4.44. The second-order valence-corrected chi connectivity index (χ2v) is 4.60. The summed E-state index contributed by atoms with van der Waals surface area (Å²) in [4.78, 5) is 11.7. The minimum absolute atomic E-state index is 0.0172. The minimum Gasteiger partial charge on any atom is -0.330 e. The summed E-state index contributed by atoms with van der Waals surface area (Å²) >= 11 is 5.64. The fraction of sp³-hybridized carbons (Fsp3) is 0.462. The van der Waals surface area contributed by atoms with Crippen LogP contribution in [0.5, 0.6) is 0 Å². The van der Waals surface area contributed by atoms with Crippen molar-refractivity contribution in [3.8, 4) is 0 Å². The molecule has 2 N–H and O–H groups in total. The predicted molar refractivity (Wildman–Crippen MR) is 67.6 cm³/mol. The second-order valence-electron chi connectivity index (χ2n) is 4.17. The quantitative estimate of drug-likeness (QED) is 0.851. The number of carbonyl (C=O) groups excluding carboxylic acids is 1. The van der Waals surface area contributed by atoms with Crippen molar-refractivity contribution in [2.24, 2.45) is 11.7 Å². The van der Waals surface area contributed by atoms with Crippen LogP contribution in [0.2, 0.25) is 5.02 Å². The van der Waals surface area contributed by atoms with Crippen LogP contribution in [-0.2, 0) is 11.2 Å². The molecule has 0 radical (unpaired) electrons. The summed E-state index contributed by atoms with van der Waals surface area (Å²) in [7, 11) is 0. The number of carbonyl (C=O) groups is 1. The van der Waals surface area contributed by atoms with Crippen LogP contribution < -0.4 is 5.73 Å². The van der Waals surface area contributed by atoms with Gasteiger partial charge in [0.15, 0.2) is 0 Å².